The average Bonchev–Trinajstić information content (AvgIpc) is 2.29. The molecule has 4 heteroatoms. The highest BCUT2D eigenvalue weighted by atomic mass is 32.2. The van der Waals surface area contributed by atoms with Gasteiger partial charge < -0.3 is 4.90 Å². The molecule has 0 fully saturated rings. The maximum atomic E-state index is 11.6. The summed E-state index contributed by atoms with van der Waals surface area (Å²) in [5.41, 5.74) is 0.690. The zero-order chi connectivity index (χ0) is 12.0. The third kappa shape index (κ3) is 4.16. The molecule has 2 nitrogen and oxygen atoms in total. The highest BCUT2D eigenvalue weighted by Crippen LogP contribution is 2.09. The van der Waals surface area contributed by atoms with Crippen LogP contribution in [0.5, 0.6) is 0 Å². The Morgan fingerprint density at radius 1 is 1.31 bits per heavy atom. The van der Waals surface area contributed by atoms with Crippen LogP contribution in [0, 0.1) is 0 Å². The van der Waals surface area contributed by atoms with Crippen LogP contribution in [0.15, 0.2) is 41.8 Å². The Hall–Kier alpha value is -1.13. The Bertz CT molecular complexity index is 399. The van der Waals surface area contributed by atoms with Crippen LogP contribution in [0.3, 0.4) is 0 Å². The summed E-state index contributed by atoms with van der Waals surface area (Å²) < 4.78 is 0.733. The third-order valence-corrected chi connectivity index (χ3v) is 3.30. The molecule has 0 spiro atoms. The second-order valence-electron chi connectivity index (χ2n) is 3.31. The molecule has 1 aromatic rings. The van der Waals surface area contributed by atoms with E-state index in [-0.39, 0.29) is 5.78 Å². The number of carbonyl (C=O) groups is 1. The van der Waals surface area contributed by atoms with E-state index in [4.69, 9.17) is 12.2 Å². The monoisotopic (exact) mass is 251 g/mol. The lowest BCUT2D eigenvalue weighted by atomic mass is 10.1. The summed E-state index contributed by atoms with van der Waals surface area (Å²) in [6.45, 7) is 0. The summed E-state index contributed by atoms with van der Waals surface area (Å²) in [6, 6.07) is 9.16. The lowest BCUT2D eigenvalue weighted by molar-refractivity contribution is 0.104. The zero-order valence-corrected chi connectivity index (χ0v) is 10.8. The molecule has 0 aliphatic carbocycles. The van der Waals surface area contributed by atoms with Crippen LogP contribution in [-0.4, -0.2) is 29.1 Å². The van der Waals surface area contributed by atoms with E-state index in [2.05, 4.69) is 0 Å². The van der Waals surface area contributed by atoms with Crippen LogP contribution in [0.25, 0.3) is 0 Å². The molecule has 0 radical (unpaired) electrons. The fourth-order valence-electron chi connectivity index (χ4n) is 0.958. The van der Waals surface area contributed by atoms with Gasteiger partial charge in [0.25, 0.3) is 0 Å². The first-order chi connectivity index (χ1) is 7.61. The van der Waals surface area contributed by atoms with Gasteiger partial charge in [0.15, 0.2) is 5.78 Å². The van der Waals surface area contributed by atoms with Gasteiger partial charge in [-0.05, 0) is 11.5 Å². The normalized spacial score (nSPS) is 10.4. The quantitative estimate of drug-likeness (QED) is 0.467. The van der Waals surface area contributed by atoms with Crippen LogP contribution in [0.4, 0.5) is 0 Å². The number of carbonyl (C=O) groups excluding carboxylic acids is 1. The second kappa shape index (κ2) is 6.45. The average molecular weight is 251 g/mol. The molecule has 0 unspecified atom stereocenters. The third-order valence-electron chi connectivity index (χ3n) is 1.81. The largest absolute Gasteiger partial charge is 0.363 e. The Labute approximate surface area is 105 Å². The number of hydrogen-bond acceptors (Lipinski definition) is 3. The molecule has 0 bridgehead atoms. The Morgan fingerprint density at radius 2 is 1.94 bits per heavy atom. The molecule has 0 amide bonds. The van der Waals surface area contributed by atoms with Crippen molar-refractivity contribution in [3.8, 4) is 0 Å². The smallest absolute Gasteiger partial charge is 0.186 e. The molecule has 1 rings (SSSR count). The molecular formula is C12H13NOS2. The summed E-state index contributed by atoms with van der Waals surface area (Å²) in [6.07, 6.45) is 1.54. The van der Waals surface area contributed by atoms with E-state index in [0.717, 1.165) is 4.32 Å². The van der Waals surface area contributed by atoms with Crippen LogP contribution < -0.4 is 0 Å². The summed E-state index contributed by atoms with van der Waals surface area (Å²) in [5, 5.41) is 1.72. The fraction of sp³-hybridized carbons (Fsp3) is 0.167. The van der Waals surface area contributed by atoms with Gasteiger partial charge in [0, 0.05) is 19.7 Å². The molecule has 0 saturated heterocycles. The number of rotatable bonds is 3. The minimum Gasteiger partial charge on any atom is -0.363 e. The molecule has 0 N–H and O–H groups in total. The van der Waals surface area contributed by atoms with E-state index in [0.29, 0.717) is 5.56 Å². The molecular weight excluding hydrogens is 238 g/mol. The first-order valence-corrected chi connectivity index (χ1v) is 6.04. The van der Waals surface area contributed by atoms with Crippen LogP contribution in [-0.2, 0) is 0 Å². The number of nitrogens with zero attached hydrogens (tertiary/aromatic N) is 1. The van der Waals surface area contributed by atoms with E-state index in [1.165, 1.54) is 17.8 Å². The van der Waals surface area contributed by atoms with Gasteiger partial charge >= 0.3 is 0 Å². The van der Waals surface area contributed by atoms with Crippen molar-refractivity contribution in [3.63, 3.8) is 0 Å². The van der Waals surface area contributed by atoms with Crippen molar-refractivity contribution in [3.05, 3.63) is 47.4 Å². The van der Waals surface area contributed by atoms with Crippen molar-refractivity contribution >= 4 is 34.1 Å². The molecule has 0 heterocycles. The number of thioether (sulfide) groups is 1. The minimum atomic E-state index is -0.00495. The Kier molecular flexibility index (Phi) is 5.22. The molecule has 16 heavy (non-hydrogen) atoms. The number of ketones is 1. The summed E-state index contributed by atoms with van der Waals surface area (Å²) >= 11 is 6.44. The maximum absolute atomic E-state index is 11.6. The van der Waals surface area contributed by atoms with E-state index >= 15 is 0 Å². The minimum absolute atomic E-state index is 0.00495. The molecule has 1 aromatic carbocycles. The van der Waals surface area contributed by atoms with Crippen molar-refractivity contribution in [1.82, 2.24) is 4.90 Å². The lowest BCUT2D eigenvalue weighted by Gasteiger charge is -2.09. The van der Waals surface area contributed by atoms with Crippen molar-refractivity contribution < 1.29 is 4.79 Å². The van der Waals surface area contributed by atoms with Gasteiger partial charge in [0.2, 0.25) is 0 Å². The summed E-state index contributed by atoms with van der Waals surface area (Å²) in [7, 11) is 3.75. The van der Waals surface area contributed by atoms with Gasteiger partial charge in [-0.2, -0.15) is 0 Å². The lowest BCUT2D eigenvalue weighted by Crippen LogP contribution is -2.15. The first kappa shape index (κ1) is 12.9. The molecule has 0 aliphatic rings. The van der Waals surface area contributed by atoms with Crippen LogP contribution in [0.1, 0.15) is 10.4 Å². The zero-order valence-electron chi connectivity index (χ0n) is 9.21. The van der Waals surface area contributed by atoms with Gasteiger partial charge in [-0.3, -0.25) is 4.79 Å². The molecule has 0 saturated carbocycles. The number of benzene rings is 1. The summed E-state index contributed by atoms with van der Waals surface area (Å²) in [5.74, 6) is -0.00495. The van der Waals surface area contributed by atoms with Gasteiger partial charge in [-0.25, -0.2) is 0 Å². The number of hydrogen-bond donors (Lipinski definition) is 0. The van der Waals surface area contributed by atoms with Crippen molar-refractivity contribution in [2.75, 3.05) is 14.1 Å². The molecule has 84 valence electrons. The fourth-order valence-corrected chi connectivity index (χ4v) is 1.64. The number of allylic oxidation sites excluding steroid dienone is 1. The highest BCUT2D eigenvalue weighted by molar-refractivity contribution is 8.24. The van der Waals surface area contributed by atoms with Gasteiger partial charge in [-0.15, -0.1) is 0 Å². The maximum Gasteiger partial charge on any atom is 0.186 e. The van der Waals surface area contributed by atoms with E-state index in [1.54, 1.807) is 17.5 Å². The Morgan fingerprint density at radius 3 is 2.50 bits per heavy atom. The molecule has 0 aromatic heterocycles. The van der Waals surface area contributed by atoms with E-state index < -0.39 is 0 Å². The standard InChI is InChI=1S/C12H13NOS2/c1-13(2)12(15)16-9-8-11(14)10-6-4-3-5-7-10/h3-9H,1-2H3. The predicted molar refractivity (Wildman–Crippen MR) is 73.8 cm³/mol. The molecule has 0 atom stereocenters. The van der Waals surface area contributed by atoms with Crippen LogP contribution >= 0.6 is 24.0 Å². The Balaban J connectivity index is 2.53. The topological polar surface area (TPSA) is 20.3 Å². The summed E-state index contributed by atoms with van der Waals surface area (Å²) in [4.78, 5) is 13.5. The highest BCUT2D eigenvalue weighted by Gasteiger charge is 2.00. The van der Waals surface area contributed by atoms with Crippen molar-refractivity contribution in [1.29, 1.82) is 0 Å². The van der Waals surface area contributed by atoms with E-state index in [9.17, 15) is 4.79 Å². The van der Waals surface area contributed by atoms with Crippen molar-refractivity contribution in [2.24, 2.45) is 0 Å². The van der Waals surface area contributed by atoms with Gasteiger partial charge in [-0.1, -0.05) is 54.3 Å². The van der Waals surface area contributed by atoms with Crippen molar-refractivity contribution in [2.45, 2.75) is 0 Å². The SMILES string of the molecule is CN(C)C(=S)SC=CC(=O)c1ccccc1. The van der Waals surface area contributed by atoms with Gasteiger partial charge in [0.05, 0.1) is 0 Å². The van der Waals surface area contributed by atoms with E-state index in [1.807, 2.05) is 37.2 Å². The van der Waals surface area contributed by atoms with Crippen LogP contribution in [0.2, 0.25) is 0 Å². The second-order valence-corrected chi connectivity index (χ2v) is 4.85. The first-order valence-electron chi connectivity index (χ1n) is 4.75. The van der Waals surface area contributed by atoms with Gasteiger partial charge in [0.1, 0.15) is 4.32 Å². The number of thiocarbonyl (C=S) groups is 1. The predicted octanol–water partition coefficient (Wildman–Crippen LogP) is 2.96. The molecule has 0 aliphatic heterocycles.